The summed E-state index contributed by atoms with van der Waals surface area (Å²) in [7, 11) is 0. The Morgan fingerprint density at radius 1 is 0.977 bits per heavy atom. The number of rotatable bonds is 12. The van der Waals surface area contributed by atoms with E-state index >= 15 is 0 Å². The first-order chi connectivity index (χ1) is 20.7. The predicted octanol–water partition coefficient (Wildman–Crippen LogP) is 8.08. The number of benzene rings is 2. The Balaban J connectivity index is 0.000000945. The molecule has 2 aromatic carbocycles. The summed E-state index contributed by atoms with van der Waals surface area (Å²) in [5, 5.41) is 9.07. The van der Waals surface area contributed by atoms with Gasteiger partial charge in [0.05, 0.1) is 23.7 Å². The minimum Gasteiger partial charge on any atom is -0.493 e. The lowest BCUT2D eigenvalue weighted by Gasteiger charge is -2.15. The van der Waals surface area contributed by atoms with Crippen LogP contribution in [0.5, 0.6) is 5.75 Å². The van der Waals surface area contributed by atoms with Gasteiger partial charge in [0.15, 0.2) is 0 Å². The Morgan fingerprint density at radius 3 is 2.11 bits per heavy atom. The number of aryl methyl sites for hydroxylation is 1. The first kappa shape index (κ1) is 38.7. The minimum absolute atomic E-state index is 0.00515. The number of hydrogen-bond acceptors (Lipinski definition) is 4. The number of halogens is 7. The van der Waals surface area contributed by atoms with Gasteiger partial charge in [-0.1, -0.05) is 57.8 Å². The highest BCUT2D eigenvalue weighted by atomic mass is 35.5. The number of nitrogens with two attached hydrogens (primary N) is 2. The molecule has 3 aromatic rings. The molecular weight excluding hydrogens is 610 g/mol. The van der Waals surface area contributed by atoms with Crippen molar-refractivity contribution >= 4 is 17.4 Å². The number of hydrogen-bond donors (Lipinski definition) is 2. The molecule has 0 saturated heterocycles. The summed E-state index contributed by atoms with van der Waals surface area (Å²) in [6, 6.07) is 8.23. The van der Waals surface area contributed by atoms with Crippen molar-refractivity contribution < 1.29 is 41.0 Å². The number of nitrogens with zero attached hydrogens (tertiary/aromatic N) is 2. The average Bonchev–Trinajstić information content (AvgIpc) is 3.49. The molecule has 0 amide bonds. The largest absolute Gasteiger partial charge is 0.493 e. The Morgan fingerprint density at radius 2 is 1.61 bits per heavy atom. The van der Waals surface area contributed by atoms with Crippen molar-refractivity contribution in [3.05, 3.63) is 65.0 Å². The van der Waals surface area contributed by atoms with E-state index in [1.54, 1.807) is 0 Å². The van der Waals surface area contributed by atoms with Crippen LogP contribution in [-0.2, 0) is 18.8 Å². The molecular formula is C31H42ClF6N4O2+. The maximum absolute atomic E-state index is 13.7. The van der Waals surface area contributed by atoms with Crippen LogP contribution in [0.3, 0.4) is 0 Å². The zero-order valence-corrected chi connectivity index (χ0v) is 26.4. The van der Waals surface area contributed by atoms with Crippen molar-refractivity contribution in [2.45, 2.75) is 84.5 Å². The van der Waals surface area contributed by atoms with Crippen molar-refractivity contribution in [2.75, 3.05) is 13.0 Å². The molecule has 0 spiro atoms. The molecule has 2 unspecified atom stereocenters. The second-order valence-electron chi connectivity index (χ2n) is 10.2. The van der Waals surface area contributed by atoms with Gasteiger partial charge < -0.3 is 9.26 Å². The normalized spacial score (nSPS) is 12.7. The molecule has 0 fully saturated rings. The predicted molar refractivity (Wildman–Crippen MR) is 160 cm³/mol. The lowest BCUT2D eigenvalue weighted by molar-refractivity contribution is -0.139. The third-order valence-electron chi connectivity index (χ3n) is 6.73. The van der Waals surface area contributed by atoms with Crippen LogP contribution in [0.15, 0.2) is 47.0 Å². The molecule has 1 heterocycles. The monoisotopic (exact) mass is 651 g/mol. The molecule has 3 rings (SSSR count). The summed E-state index contributed by atoms with van der Waals surface area (Å²) < 4.78 is 89.6. The van der Waals surface area contributed by atoms with E-state index < -0.39 is 23.5 Å². The molecule has 246 valence electrons. The molecule has 0 aliphatic carbocycles. The summed E-state index contributed by atoms with van der Waals surface area (Å²) >= 11 is 4.64. The summed E-state index contributed by atoms with van der Waals surface area (Å²) in [4.78, 5) is 4.26. The van der Waals surface area contributed by atoms with E-state index in [2.05, 4.69) is 35.6 Å². The number of ether oxygens (including phenoxy) is 1. The van der Waals surface area contributed by atoms with E-state index in [1.165, 1.54) is 30.6 Å². The van der Waals surface area contributed by atoms with Crippen LogP contribution in [0.25, 0.3) is 11.4 Å². The molecule has 44 heavy (non-hydrogen) atoms. The molecule has 4 N–H and O–H groups in total. The Kier molecular flexibility index (Phi) is 16.3. The van der Waals surface area contributed by atoms with Gasteiger partial charge in [-0.3, -0.25) is 11.1 Å². The van der Waals surface area contributed by atoms with E-state index in [-0.39, 0.29) is 29.7 Å². The summed E-state index contributed by atoms with van der Waals surface area (Å²) in [5.74, 6) is 1.04. The second kappa shape index (κ2) is 18.5. The lowest BCUT2D eigenvalue weighted by Crippen LogP contribution is -2.49. The van der Waals surface area contributed by atoms with Crippen molar-refractivity contribution in [1.82, 2.24) is 10.1 Å². The fraction of sp³-hybridized carbons (Fsp3) is 0.516. The smallest absolute Gasteiger partial charge is 0.419 e. The molecule has 2 atom stereocenters. The highest BCUT2D eigenvalue weighted by molar-refractivity contribution is 6.15. The first-order valence-electron chi connectivity index (χ1n) is 14.3. The van der Waals surface area contributed by atoms with E-state index in [0.717, 1.165) is 43.9 Å². The summed E-state index contributed by atoms with van der Waals surface area (Å²) in [5.41, 5.74) is 4.32. The molecule has 6 nitrogen and oxygen atoms in total. The average molecular weight is 652 g/mol. The van der Waals surface area contributed by atoms with Crippen LogP contribution < -0.4 is 15.9 Å². The SMILES string of the molecule is CCC(C)C(N)=[NH2+].CCCCC(C)c1nc(-c2ccc(OCCCc3ccc(C(F)(F)F)cc3)c(C(F)(F)F)c2)no1.CCl. The third-order valence-corrected chi connectivity index (χ3v) is 6.73. The molecule has 0 bridgehead atoms. The molecule has 13 heteroatoms. The first-order valence-corrected chi connectivity index (χ1v) is 15.0. The van der Waals surface area contributed by atoms with Gasteiger partial charge in [-0.05, 0) is 61.6 Å². The maximum atomic E-state index is 13.7. The van der Waals surface area contributed by atoms with Crippen molar-refractivity contribution in [3.63, 3.8) is 0 Å². The van der Waals surface area contributed by atoms with Gasteiger partial charge >= 0.3 is 12.4 Å². The standard InChI is InChI=1S/C25H26F6N2O2.C5H12N2.CH3Cl/c1-3-4-6-16(2)23-32-22(33-35-23)18-10-13-21(20(15-18)25(29,30)31)34-14-5-7-17-8-11-19(12-9-17)24(26,27)28;1-3-4(2)5(6)7;1-2/h8-13,15-16H,3-7,14H2,1-2H3;4H,3H2,1-2H3,(H3,6,7);1H3/p+1. The minimum atomic E-state index is -4.67. The van der Waals surface area contributed by atoms with Crippen LogP contribution >= 0.6 is 11.6 Å². The number of unbranched alkanes of at least 4 members (excludes halogenated alkanes) is 1. The number of aromatic nitrogens is 2. The van der Waals surface area contributed by atoms with Gasteiger partial charge in [0.25, 0.3) is 0 Å². The van der Waals surface area contributed by atoms with Crippen LogP contribution in [-0.4, -0.2) is 29.0 Å². The Bertz CT molecular complexity index is 1260. The number of amidine groups is 1. The molecule has 0 radical (unpaired) electrons. The van der Waals surface area contributed by atoms with Gasteiger partial charge in [-0.15, -0.1) is 11.6 Å². The van der Waals surface area contributed by atoms with Gasteiger partial charge in [0.1, 0.15) is 5.75 Å². The highest BCUT2D eigenvalue weighted by Gasteiger charge is 2.35. The summed E-state index contributed by atoms with van der Waals surface area (Å²) in [6.07, 6.45) is -3.08. The van der Waals surface area contributed by atoms with E-state index in [0.29, 0.717) is 36.0 Å². The van der Waals surface area contributed by atoms with Crippen molar-refractivity contribution in [2.24, 2.45) is 11.7 Å². The maximum Gasteiger partial charge on any atom is 0.419 e. The van der Waals surface area contributed by atoms with E-state index in [1.807, 2.05) is 13.8 Å². The molecule has 0 aliphatic heterocycles. The molecule has 1 aromatic heterocycles. The Hall–Kier alpha value is -3.28. The van der Waals surface area contributed by atoms with Gasteiger partial charge in [0, 0.05) is 17.9 Å². The molecule has 0 saturated carbocycles. The number of alkyl halides is 7. The quantitative estimate of drug-likeness (QED) is 0.0678. The third kappa shape index (κ3) is 12.8. The summed E-state index contributed by atoms with van der Waals surface area (Å²) in [6.45, 7) is 8.02. The van der Waals surface area contributed by atoms with Crippen LogP contribution in [0, 0.1) is 5.92 Å². The highest BCUT2D eigenvalue weighted by Crippen LogP contribution is 2.39. The lowest BCUT2D eigenvalue weighted by atomic mass is 10.0. The van der Waals surface area contributed by atoms with Crippen molar-refractivity contribution in [1.29, 1.82) is 0 Å². The van der Waals surface area contributed by atoms with Gasteiger partial charge in [0.2, 0.25) is 17.6 Å². The zero-order chi connectivity index (χ0) is 33.5. The van der Waals surface area contributed by atoms with E-state index in [9.17, 15) is 26.3 Å². The second-order valence-corrected chi connectivity index (χ2v) is 10.2. The van der Waals surface area contributed by atoms with Crippen LogP contribution in [0.4, 0.5) is 26.3 Å². The van der Waals surface area contributed by atoms with Crippen LogP contribution in [0.1, 0.15) is 88.3 Å². The van der Waals surface area contributed by atoms with Crippen molar-refractivity contribution in [3.8, 4) is 17.1 Å². The fourth-order valence-corrected chi connectivity index (χ4v) is 3.76. The van der Waals surface area contributed by atoms with E-state index in [4.69, 9.17) is 20.4 Å². The van der Waals surface area contributed by atoms with Crippen LogP contribution in [0.2, 0.25) is 0 Å². The topological polar surface area (TPSA) is 99.8 Å². The van der Waals surface area contributed by atoms with Gasteiger partial charge in [-0.2, -0.15) is 31.3 Å². The zero-order valence-electron chi connectivity index (χ0n) is 25.7. The Labute approximate surface area is 259 Å². The molecule has 0 aliphatic rings. The fourth-order valence-electron chi connectivity index (χ4n) is 3.76. The van der Waals surface area contributed by atoms with Gasteiger partial charge in [-0.25, -0.2) is 0 Å².